The number of thioether (sulfide) groups is 1. The van der Waals surface area contributed by atoms with Crippen molar-refractivity contribution in [3.63, 3.8) is 0 Å². The molecular formula is C26H31N9O4S. The minimum atomic E-state index is -1.13. The van der Waals surface area contributed by atoms with Crippen molar-refractivity contribution < 1.29 is 19.5 Å². The highest BCUT2D eigenvalue weighted by molar-refractivity contribution is 8.02. The highest BCUT2D eigenvalue weighted by Gasteiger charge is 2.60. The van der Waals surface area contributed by atoms with E-state index < -0.39 is 17.9 Å². The van der Waals surface area contributed by atoms with Crippen molar-refractivity contribution in [2.75, 3.05) is 6.54 Å². The van der Waals surface area contributed by atoms with Crippen molar-refractivity contribution in [1.29, 1.82) is 0 Å². The number of rotatable bonds is 12. The molecule has 4 N–H and O–H groups in total. The van der Waals surface area contributed by atoms with Crippen molar-refractivity contribution >= 4 is 29.5 Å². The quantitative estimate of drug-likeness (QED) is 0.270. The van der Waals surface area contributed by atoms with E-state index in [9.17, 15) is 19.5 Å². The number of aromatic nitrogens is 6. The predicted molar refractivity (Wildman–Crippen MR) is 146 cm³/mol. The Bertz CT molecular complexity index is 1420. The Labute approximate surface area is 234 Å². The molecule has 2 aromatic heterocycles. The Morgan fingerprint density at radius 3 is 2.65 bits per heavy atom. The lowest BCUT2D eigenvalue weighted by atomic mass is 9.78. The molecule has 2 aliphatic rings. The summed E-state index contributed by atoms with van der Waals surface area (Å²) in [4.78, 5) is 39.8. The number of β-lactam (4-membered cyclic amide) rings is 1. The molecule has 4 heterocycles. The molecule has 3 aromatic rings. The van der Waals surface area contributed by atoms with Gasteiger partial charge in [0.25, 0.3) is 0 Å². The maximum atomic E-state index is 13.1. The van der Waals surface area contributed by atoms with Crippen molar-refractivity contribution in [1.82, 2.24) is 40.2 Å². The van der Waals surface area contributed by atoms with E-state index in [0.29, 0.717) is 17.2 Å². The normalized spacial score (nSPS) is 20.8. The van der Waals surface area contributed by atoms with Crippen LogP contribution in [0.25, 0.3) is 11.3 Å². The Hall–Kier alpha value is -4.04. The van der Waals surface area contributed by atoms with Gasteiger partial charge in [-0.05, 0) is 41.9 Å². The average Bonchev–Trinajstić information content (AvgIpc) is 3.66. The monoisotopic (exact) mass is 565 g/mol. The average molecular weight is 566 g/mol. The fraction of sp³-hybridized carbons (Fsp3) is 0.423. The third kappa shape index (κ3) is 5.36. The number of nitrogens with one attached hydrogen (secondary N) is 1. The fourth-order valence-electron chi connectivity index (χ4n) is 5.35. The maximum Gasteiger partial charge on any atom is 0.353 e. The summed E-state index contributed by atoms with van der Waals surface area (Å²) in [6.45, 7) is 5.02. The van der Waals surface area contributed by atoms with E-state index in [1.54, 1.807) is 6.92 Å². The van der Waals surface area contributed by atoms with Gasteiger partial charge in [-0.2, -0.15) is 5.10 Å². The van der Waals surface area contributed by atoms with Gasteiger partial charge in [0, 0.05) is 40.9 Å². The van der Waals surface area contributed by atoms with Crippen LogP contribution < -0.4 is 11.1 Å². The number of amides is 2. The molecule has 0 unspecified atom stereocenters. The summed E-state index contributed by atoms with van der Waals surface area (Å²) in [5, 5.41) is 28.1. The van der Waals surface area contributed by atoms with Crippen LogP contribution in [0.3, 0.4) is 0 Å². The summed E-state index contributed by atoms with van der Waals surface area (Å²) in [5.74, 6) is -1.91. The Balaban J connectivity index is 1.23. The van der Waals surface area contributed by atoms with Gasteiger partial charge in [0.05, 0.1) is 17.7 Å². The standard InChI is InChI=1S/C26H31N9O4S/c1-15-22-21(16(2)29-20(36)12-34-14-28-31-32-34)25(37)35(22)23(26(38)39)24(15)40-13-17-4-6-18(7-5-17)19-8-11-33(30-19)10-3-9-27/h4-8,11,14-16,21-22H,3,9-10,12-13,27H2,1-2H3,(H,29,36)(H,38,39)/t15-,16-,21-,22-/m1/s1. The van der Waals surface area contributed by atoms with E-state index in [1.807, 2.05) is 48.1 Å². The largest absolute Gasteiger partial charge is 0.477 e. The number of fused-ring (bicyclic) bond motifs is 1. The number of tetrazole rings is 1. The number of carboxylic acid groups (broad SMARTS) is 1. The molecule has 40 heavy (non-hydrogen) atoms. The highest BCUT2D eigenvalue weighted by Crippen LogP contribution is 2.51. The summed E-state index contributed by atoms with van der Waals surface area (Å²) in [6.07, 6.45) is 4.14. The first-order chi connectivity index (χ1) is 19.3. The molecule has 210 valence electrons. The number of carboxylic acids is 1. The third-order valence-corrected chi connectivity index (χ3v) is 8.65. The maximum absolute atomic E-state index is 13.1. The number of hydrogen-bond acceptors (Lipinski definition) is 9. The molecule has 2 aliphatic heterocycles. The van der Waals surface area contributed by atoms with Gasteiger partial charge < -0.3 is 21.1 Å². The summed E-state index contributed by atoms with van der Waals surface area (Å²) in [7, 11) is 0. The third-order valence-electron chi connectivity index (χ3n) is 7.29. The molecule has 5 rings (SSSR count). The molecule has 2 amide bonds. The Morgan fingerprint density at radius 1 is 1.20 bits per heavy atom. The Morgan fingerprint density at radius 2 is 1.98 bits per heavy atom. The second-order valence-electron chi connectivity index (χ2n) is 9.99. The van der Waals surface area contributed by atoms with Crippen LogP contribution in [-0.4, -0.2) is 76.4 Å². The van der Waals surface area contributed by atoms with E-state index in [2.05, 4.69) is 25.9 Å². The van der Waals surface area contributed by atoms with Crippen molar-refractivity contribution in [3.8, 4) is 11.3 Å². The topological polar surface area (TPSA) is 174 Å². The molecular weight excluding hydrogens is 534 g/mol. The zero-order chi connectivity index (χ0) is 28.4. The molecule has 0 aliphatic carbocycles. The molecule has 0 saturated carbocycles. The predicted octanol–water partition coefficient (Wildman–Crippen LogP) is 1.10. The van der Waals surface area contributed by atoms with E-state index in [0.717, 1.165) is 29.8 Å². The molecule has 14 heteroatoms. The first-order valence-electron chi connectivity index (χ1n) is 13.0. The van der Waals surface area contributed by atoms with Crippen LogP contribution in [0.1, 0.15) is 25.8 Å². The summed E-state index contributed by atoms with van der Waals surface area (Å²) in [5.41, 5.74) is 8.52. The number of hydrogen-bond donors (Lipinski definition) is 3. The lowest BCUT2D eigenvalue weighted by Crippen LogP contribution is -2.66. The zero-order valence-electron chi connectivity index (χ0n) is 22.2. The number of carbonyl (C=O) groups is 3. The van der Waals surface area contributed by atoms with Gasteiger partial charge in [-0.3, -0.25) is 14.3 Å². The lowest BCUT2D eigenvalue weighted by molar-refractivity contribution is -0.158. The molecule has 1 saturated heterocycles. The van der Waals surface area contributed by atoms with Gasteiger partial charge in [-0.15, -0.1) is 16.9 Å². The molecule has 0 radical (unpaired) electrons. The molecule has 4 atom stereocenters. The van der Waals surface area contributed by atoms with Gasteiger partial charge in [-0.1, -0.05) is 31.2 Å². The number of nitrogens with zero attached hydrogens (tertiary/aromatic N) is 7. The van der Waals surface area contributed by atoms with Crippen molar-refractivity contribution in [2.24, 2.45) is 17.6 Å². The highest BCUT2D eigenvalue weighted by atomic mass is 32.2. The summed E-state index contributed by atoms with van der Waals surface area (Å²) >= 11 is 1.44. The van der Waals surface area contributed by atoms with Gasteiger partial charge in [0.1, 0.15) is 18.6 Å². The first kappa shape index (κ1) is 27.5. The van der Waals surface area contributed by atoms with E-state index in [4.69, 9.17) is 5.73 Å². The van der Waals surface area contributed by atoms with Crippen LogP contribution in [0.2, 0.25) is 0 Å². The van der Waals surface area contributed by atoms with Crippen LogP contribution in [0, 0.1) is 11.8 Å². The van der Waals surface area contributed by atoms with Crippen LogP contribution in [0.15, 0.2) is 53.5 Å². The van der Waals surface area contributed by atoms with Gasteiger partial charge in [0.2, 0.25) is 11.8 Å². The number of aliphatic carboxylic acids is 1. The minimum absolute atomic E-state index is 0.0376. The Kier molecular flexibility index (Phi) is 7.98. The van der Waals surface area contributed by atoms with Crippen LogP contribution in [-0.2, 0) is 33.2 Å². The molecule has 0 spiro atoms. The second kappa shape index (κ2) is 11.6. The van der Waals surface area contributed by atoms with E-state index >= 15 is 0 Å². The van der Waals surface area contributed by atoms with Crippen molar-refractivity contribution in [3.05, 3.63) is 59.0 Å². The van der Waals surface area contributed by atoms with Gasteiger partial charge >= 0.3 is 5.97 Å². The first-order valence-corrected chi connectivity index (χ1v) is 14.0. The lowest BCUT2D eigenvalue weighted by Gasteiger charge is -2.47. The number of carbonyl (C=O) groups excluding carboxylic acids is 2. The van der Waals surface area contributed by atoms with Gasteiger partial charge in [-0.25, -0.2) is 9.48 Å². The molecule has 0 bridgehead atoms. The number of benzene rings is 1. The van der Waals surface area contributed by atoms with Gasteiger partial charge in [0.15, 0.2) is 0 Å². The van der Waals surface area contributed by atoms with E-state index in [1.165, 1.54) is 27.7 Å². The van der Waals surface area contributed by atoms with E-state index in [-0.39, 0.29) is 36.0 Å². The van der Waals surface area contributed by atoms with Crippen molar-refractivity contribution in [2.45, 2.75) is 51.2 Å². The van der Waals surface area contributed by atoms with Crippen LogP contribution in [0.5, 0.6) is 0 Å². The smallest absolute Gasteiger partial charge is 0.353 e. The fourth-order valence-corrected chi connectivity index (χ4v) is 6.59. The summed E-state index contributed by atoms with van der Waals surface area (Å²) < 4.78 is 3.17. The summed E-state index contributed by atoms with van der Waals surface area (Å²) in [6, 6.07) is 9.18. The second-order valence-corrected chi connectivity index (χ2v) is 11.0. The zero-order valence-corrected chi connectivity index (χ0v) is 23.0. The van der Waals surface area contributed by atoms with Crippen LogP contribution >= 0.6 is 11.8 Å². The van der Waals surface area contributed by atoms with Crippen LogP contribution in [0.4, 0.5) is 0 Å². The number of aryl methyl sites for hydroxylation is 1. The molecule has 1 aromatic carbocycles. The molecule has 13 nitrogen and oxygen atoms in total. The molecule has 1 fully saturated rings. The minimum Gasteiger partial charge on any atom is -0.477 e. The SMILES string of the molecule is C[C@@H](NC(=O)Cn1cnnn1)[C@H]1C(=O)N2C(C(=O)O)=C(SCc3ccc(-c4ccn(CCCN)n4)cc3)[C@H](C)[C@H]12. The number of nitrogens with two attached hydrogens (primary N) is 1.